The summed E-state index contributed by atoms with van der Waals surface area (Å²) in [5, 5.41) is 0. The lowest BCUT2D eigenvalue weighted by Crippen LogP contribution is -1.90. The van der Waals surface area contributed by atoms with E-state index < -0.39 is 0 Å². The Hall–Kier alpha value is -1.64. The molecular weight excluding hydrogens is 212 g/mol. The molecule has 88 valence electrons. The SMILES string of the molecule is COOCc1ccc(-c2ccc(C)cc2)cc1. The standard InChI is InChI=1S/C15H16O2/c1-12-3-7-14(8-4-12)15-9-5-13(6-10-15)11-17-16-2/h3-10H,11H2,1-2H3. The van der Waals surface area contributed by atoms with Crippen molar-refractivity contribution >= 4 is 0 Å². The molecule has 0 aromatic heterocycles. The fourth-order valence-corrected chi connectivity index (χ4v) is 1.67. The predicted octanol–water partition coefficient (Wildman–Crippen LogP) is 3.74. The summed E-state index contributed by atoms with van der Waals surface area (Å²) in [6.45, 7) is 2.57. The first-order valence-corrected chi connectivity index (χ1v) is 5.61. The number of benzene rings is 2. The van der Waals surface area contributed by atoms with E-state index in [9.17, 15) is 0 Å². The van der Waals surface area contributed by atoms with Crippen molar-refractivity contribution in [3.63, 3.8) is 0 Å². The van der Waals surface area contributed by atoms with Crippen LogP contribution in [0, 0.1) is 6.92 Å². The second-order valence-electron chi connectivity index (χ2n) is 3.99. The molecule has 0 heterocycles. The van der Waals surface area contributed by atoms with Gasteiger partial charge in [-0.15, -0.1) is 0 Å². The highest BCUT2D eigenvalue weighted by Crippen LogP contribution is 2.20. The van der Waals surface area contributed by atoms with Crippen molar-refractivity contribution in [2.24, 2.45) is 0 Å². The Bertz CT molecular complexity index is 457. The van der Waals surface area contributed by atoms with Gasteiger partial charge in [-0.2, -0.15) is 0 Å². The summed E-state index contributed by atoms with van der Waals surface area (Å²) in [6.07, 6.45) is 0. The summed E-state index contributed by atoms with van der Waals surface area (Å²) < 4.78 is 0. The van der Waals surface area contributed by atoms with Crippen LogP contribution in [0.25, 0.3) is 11.1 Å². The van der Waals surface area contributed by atoms with Gasteiger partial charge in [0.15, 0.2) is 0 Å². The van der Waals surface area contributed by atoms with Crippen molar-refractivity contribution < 1.29 is 9.78 Å². The van der Waals surface area contributed by atoms with Gasteiger partial charge in [-0.1, -0.05) is 54.1 Å². The van der Waals surface area contributed by atoms with Crippen LogP contribution in [-0.2, 0) is 16.4 Å². The summed E-state index contributed by atoms with van der Waals surface area (Å²) >= 11 is 0. The van der Waals surface area contributed by atoms with Gasteiger partial charge in [0.2, 0.25) is 0 Å². The van der Waals surface area contributed by atoms with E-state index in [1.54, 1.807) is 0 Å². The van der Waals surface area contributed by atoms with Crippen LogP contribution < -0.4 is 0 Å². The van der Waals surface area contributed by atoms with Crippen molar-refractivity contribution in [1.29, 1.82) is 0 Å². The van der Waals surface area contributed by atoms with E-state index >= 15 is 0 Å². The molecule has 2 aromatic carbocycles. The molecule has 2 nitrogen and oxygen atoms in total. The highest BCUT2D eigenvalue weighted by atomic mass is 17.2. The molecule has 0 aliphatic heterocycles. The third-order valence-electron chi connectivity index (χ3n) is 2.68. The molecule has 0 unspecified atom stereocenters. The lowest BCUT2D eigenvalue weighted by molar-refractivity contribution is -0.282. The zero-order valence-corrected chi connectivity index (χ0v) is 10.1. The zero-order chi connectivity index (χ0) is 12.1. The van der Waals surface area contributed by atoms with Gasteiger partial charge < -0.3 is 0 Å². The normalized spacial score (nSPS) is 10.5. The second-order valence-corrected chi connectivity index (χ2v) is 3.99. The largest absolute Gasteiger partial charge is 0.240 e. The minimum absolute atomic E-state index is 0.477. The van der Waals surface area contributed by atoms with Gasteiger partial charge in [0, 0.05) is 0 Å². The van der Waals surface area contributed by atoms with Crippen molar-refractivity contribution in [2.45, 2.75) is 13.5 Å². The molecular formula is C15H16O2. The van der Waals surface area contributed by atoms with Crippen LogP contribution in [0.1, 0.15) is 11.1 Å². The lowest BCUT2D eigenvalue weighted by atomic mass is 10.0. The first-order valence-electron chi connectivity index (χ1n) is 5.61. The van der Waals surface area contributed by atoms with Gasteiger partial charge >= 0.3 is 0 Å². The fraction of sp³-hybridized carbons (Fsp3) is 0.200. The Morgan fingerprint density at radius 1 is 0.824 bits per heavy atom. The topological polar surface area (TPSA) is 18.5 Å². The van der Waals surface area contributed by atoms with E-state index in [-0.39, 0.29) is 0 Å². The van der Waals surface area contributed by atoms with Gasteiger partial charge in [0.1, 0.15) is 6.61 Å². The molecule has 0 spiro atoms. The Balaban J connectivity index is 2.14. The van der Waals surface area contributed by atoms with Gasteiger partial charge in [-0.25, -0.2) is 9.78 Å². The van der Waals surface area contributed by atoms with Gasteiger partial charge in [-0.3, -0.25) is 0 Å². The van der Waals surface area contributed by atoms with Crippen molar-refractivity contribution in [3.8, 4) is 11.1 Å². The predicted molar refractivity (Wildman–Crippen MR) is 68.4 cm³/mol. The molecule has 0 amide bonds. The van der Waals surface area contributed by atoms with Crippen molar-refractivity contribution in [1.82, 2.24) is 0 Å². The van der Waals surface area contributed by atoms with Crippen LogP contribution in [0.15, 0.2) is 48.5 Å². The zero-order valence-electron chi connectivity index (χ0n) is 10.1. The van der Waals surface area contributed by atoms with E-state index in [2.05, 4.69) is 48.2 Å². The molecule has 2 rings (SSSR count). The quantitative estimate of drug-likeness (QED) is 0.586. The molecule has 0 saturated carbocycles. The highest BCUT2D eigenvalue weighted by Gasteiger charge is 1.98. The molecule has 0 saturated heterocycles. The number of rotatable bonds is 4. The van der Waals surface area contributed by atoms with E-state index in [1.807, 2.05) is 12.1 Å². The lowest BCUT2D eigenvalue weighted by Gasteiger charge is -2.04. The molecule has 0 aliphatic rings. The van der Waals surface area contributed by atoms with Gasteiger partial charge in [0.05, 0.1) is 7.11 Å². The van der Waals surface area contributed by atoms with Crippen molar-refractivity contribution in [3.05, 3.63) is 59.7 Å². The first-order chi connectivity index (χ1) is 8.29. The average Bonchev–Trinajstić information content (AvgIpc) is 2.38. The Labute approximate surface area is 102 Å². The molecule has 0 fully saturated rings. The summed E-state index contributed by atoms with van der Waals surface area (Å²) in [5.74, 6) is 0. The summed E-state index contributed by atoms with van der Waals surface area (Å²) in [5.41, 5.74) is 4.82. The molecule has 0 N–H and O–H groups in total. The molecule has 2 aromatic rings. The maximum Gasteiger partial charge on any atom is 0.107 e. The Kier molecular flexibility index (Phi) is 3.91. The number of hydrogen-bond donors (Lipinski definition) is 0. The molecule has 2 heteroatoms. The maximum absolute atomic E-state index is 4.88. The molecule has 0 atom stereocenters. The van der Waals surface area contributed by atoms with E-state index in [0.717, 1.165) is 5.56 Å². The molecule has 0 aliphatic carbocycles. The number of aryl methyl sites for hydroxylation is 1. The highest BCUT2D eigenvalue weighted by molar-refractivity contribution is 5.63. The van der Waals surface area contributed by atoms with Crippen LogP contribution >= 0.6 is 0 Å². The van der Waals surface area contributed by atoms with Gasteiger partial charge in [0.25, 0.3) is 0 Å². The molecule has 0 radical (unpaired) electrons. The van der Waals surface area contributed by atoms with Gasteiger partial charge in [-0.05, 0) is 23.6 Å². The monoisotopic (exact) mass is 228 g/mol. The third kappa shape index (κ3) is 3.16. The van der Waals surface area contributed by atoms with E-state index in [1.165, 1.54) is 23.8 Å². The summed E-state index contributed by atoms with van der Waals surface area (Å²) in [7, 11) is 1.51. The van der Waals surface area contributed by atoms with Crippen LogP contribution in [0.3, 0.4) is 0 Å². The molecule has 17 heavy (non-hydrogen) atoms. The smallest absolute Gasteiger partial charge is 0.107 e. The average molecular weight is 228 g/mol. The second kappa shape index (κ2) is 5.62. The van der Waals surface area contributed by atoms with E-state index in [4.69, 9.17) is 4.89 Å². The maximum atomic E-state index is 4.88. The summed E-state index contributed by atoms with van der Waals surface area (Å²) in [6, 6.07) is 16.8. The Morgan fingerprint density at radius 3 is 1.88 bits per heavy atom. The van der Waals surface area contributed by atoms with Crippen LogP contribution in [0.5, 0.6) is 0 Å². The fourth-order valence-electron chi connectivity index (χ4n) is 1.67. The number of hydrogen-bond acceptors (Lipinski definition) is 2. The first kappa shape index (κ1) is 11.8. The van der Waals surface area contributed by atoms with Crippen molar-refractivity contribution in [2.75, 3.05) is 7.11 Å². The summed E-state index contributed by atoms with van der Waals surface area (Å²) in [4.78, 5) is 9.45. The van der Waals surface area contributed by atoms with Crippen LogP contribution in [0.2, 0.25) is 0 Å². The minimum Gasteiger partial charge on any atom is -0.240 e. The minimum atomic E-state index is 0.477. The van der Waals surface area contributed by atoms with Crippen LogP contribution in [0.4, 0.5) is 0 Å². The third-order valence-corrected chi connectivity index (χ3v) is 2.68. The van der Waals surface area contributed by atoms with Crippen LogP contribution in [-0.4, -0.2) is 7.11 Å². The van der Waals surface area contributed by atoms with E-state index in [0.29, 0.717) is 6.61 Å². The molecule has 0 bridgehead atoms. The Morgan fingerprint density at radius 2 is 1.35 bits per heavy atom.